The van der Waals surface area contributed by atoms with Gasteiger partial charge in [-0.25, -0.2) is 4.79 Å². The molecule has 1 aliphatic rings. The van der Waals surface area contributed by atoms with Crippen LogP contribution in [0, 0.1) is 0 Å². The van der Waals surface area contributed by atoms with E-state index in [2.05, 4.69) is 4.90 Å². The quantitative estimate of drug-likeness (QED) is 0.828. The van der Waals surface area contributed by atoms with Crippen molar-refractivity contribution in [3.63, 3.8) is 0 Å². The molecule has 1 unspecified atom stereocenters. The van der Waals surface area contributed by atoms with Crippen LogP contribution in [0.25, 0.3) is 0 Å². The maximum absolute atomic E-state index is 11.6. The SMILES string of the molecule is CCOC(=O)C(O)c1cccc2c1CCCN2C. The Morgan fingerprint density at radius 2 is 2.33 bits per heavy atom. The lowest BCUT2D eigenvalue weighted by Crippen LogP contribution is -2.27. The first-order valence-corrected chi connectivity index (χ1v) is 6.32. The molecule has 0 fully saturated rings. The smallest absolute Gasteiger partial charge is 0.339 e. The molecule has 0 bridgehead atoms. The van der Waals surface area contributed by atoms with E-state index in [1.165, 1.54) is 0 Å². The number of anilines is 1. The molecule has 4 heteroatoms. The van der Waals surface area contributed by atoms with E-state index in [9.17, 15) is 9.90 Å². The molecule has 0 aliphatic carbocycles. The average Bonchev–Trinajstić information content (AvgIpc) is 2.38. The van der Waals surface area contributed by atoms with Crippen LogP contribution < -0.4 is 4.90 Å². The average molecular weight is 249 g/mol. The molecule has 0 radical (unpaired) electrons. The van der Waals surface area contributed by atoms with Crippen molar-refractivity contribution in [2.45, 2.75) is 25.9 Å². The van der Waals surface area contributed by atoms with Gasteiger partial charge < -0.3 is 14.7 Å². The Kier molecular flexibility index (Phi) is 3.87. The zero-order chi connectivity index (χ0) is 13.1. The van der Waals surface area contributed by atoms with Crippen molar-refractivity contribution in [1.29, 1.82) is 0 Å². The summed E-state index contributed by atoms with van der Waals surface area (Å²) in [5.41, 5.74) is 2.84. The van der Waals surface area contributed by atoms with Gasteiger partial charge in [-0.3, -0.25) is 0 Å². The van der Waals surface area contributed by atoms with Crippen molar-refractivity contribution < 1.29 is 14.6 Å². The lowest BCUT2D eigenvalue weighted by atomic mass is 9.93. The maximum atomic E-state index is 11.6. The Bertz CT molecular complexity index is 445. The highest BCUT2D eigenvalue weighted by atomic mass is 16.5. The molecule has 0 saturated heterocycles. The van der Waals surface area contributed by atoms with E-state index >= 15 is 0 Å². The summed E-state index contributed by atoms with van der Waals surface area (Å²) in [6.07, 6.45) is 0.758. The van der Waals surface area contributed by atoms with Gasteiger partial charge in [0.2, 0.25) is 0 Å². The second-order valence-corrected chi connectivity index (χ2v) is 4.52. The summed E-state index contributed by atoms with van der Waals surface area (Å²) in [6.45, 7) is 3.02. The molecule has 18 heavy (non-hydrogen) atoms. The fourth-order valence-corrected chi connectivity index (χ4v) is 2.44. The zero-order valence-electron chi connectivity index (χ0n) is 10.8. The number of aliphatic hydroxyl groups is 1. The number of nitrogens with zero attached hydrogens (tertiary/aromatic N) is 1. The Balaban J connectivity index is 2.34. The van der Waals surface area contributed by atoms with Gasteiger partial charge in [-0.1, -0.05) is 12.1 Å². The molecule has 2 rings (SSSR count). The van der Waals surface area contributed by atoms with E-state index < -0.39 is 12.1 Å². The van der Waals surface area contributed by atoms with Gasteiger partial charge in [0.05, 0.1) is 6.61 Å². The molecule has 4 nitrogen and oxygen atoms in total. The van der Waals surface area contributed by atoms with Crippen LogP contribution in [-0.2, 0) is 16.0 Å². The predicted octanol–water partition coefficient (Wildman–Crippen LogP) is 1.67. The minimum atomic E-state index is -1.17. The van der Waals surface area contributed by atoms with Crippen LogP contribution in [0.5, 0.6) is 0 Å². The van der Waals surface area contributed by atoms with Gasteiger partial charge in [0.1, 0.15) is 0 Å². The van der Waals surface area contributed by atoms with Crippen LogP contribution in [0.2, 0.25) is 0 Å². The molecule has 1 atom stereocenters. The van der Waals surface area contributed by atoms with E-state index in [1.807, 2.05) is 19.2 Å². The van der Waals surface area contributed by atoms with Crippen LogP contribution in [-0.4, -0.2) is 31.3 Å². The molecule has 98 valence electrons. The third kappa shape index (κ3) is 2.34. The van der Waals surface area contributed by atoms with Crippen LogP contribution in [0.1, 0.15) is 30.6 Å². The molecule has 1 heterocycles. The number of rotatable bonds is 3. The number of esters is 1. The predicted molar refractivity (Wildman–Crippen MR) is 69.6 cm³/mol. The first kappa shape index (κ1) is 12.9. The first-order chi connectivity index (χ1) is 8.65. The molecular weight excluding hydrogens is 230 g/mol. The van der Waals surface area contributed by atoms with Gasteiger partial charge in [-0.15, -0.1) is 0 Å². The lowest BCUT2D eigenvalue weighted by molar-refractivity contribution is -0.153. The minimum Gasteiger partial charge on any atom is -0.464 e. The molecule has 1 aromatic carbocycles. The molecule has 0 amide bonds. The Morgan fingerprint density at radius 3 is 3.06 bits per heavy atom. The fraction of sp³-hybridized carbons (Fsp3) is 0.500. The fourth-order valence-electron chi connectivity index (χ4n) is 2.44. The number of aliphatic hydroxyl groups excluding tert-OH is 1. The lowest BCUT2D eigenvalue weighted by Gasteiger charge is -2.29. The summed E-state index contributed by atoms with van der Waals surface area (Å²) >= 11 is 0. The topological polar surface area (TPSA) is 49.8 Å². The van der Waals surface area contributed by atoms with E-state index in [-0.39, 0.29) is 6.61 Å². The monoisotopic (exact) mass is 249 g/mol. The van der Waals surface area contributed by atoms with Crippen molar-refractivity contribution in [3.05, 3.63) is 29.3 Å². The van der Waals surface area contributed by atoms with E-state index in [1.54, 1.807) is 13.0 Å². The van der Waals surface area contributed by atoms with Crippen LogP contribution in [0.3, 0.4) is 0 Å². The van der Waals surface area contributed by atoms with Crippen molar-refractivity contribution in [2.24, 2.45) is 0 Å². The first-order valence-electron chi connectivity index (χ1n) is 6.32. The summed E-state index contributed by atoms with van der Waals surface area (Å²) in [7, 11) is 2.03. The largest absolute Gasteiger partial charge is 0.464 e. The molecule has 1 aromatic rings. The molecule has 0 saturated carbocycles. The van der Waals surface area contributed by atoms with Gasteiger partial charge in [-0.2, -0.15) is 0 Å². The summed E-state index contributed by atoms with van der Waals surface area (Å²) < 4.78 is 4.87. The van der Waals surface area contributed by atoms with Gasteiger partial charge in [-0.05, 0) is 37.0 Å². The highest BCUT2D eigenvalue weighted by molar-refractivity contribution is 5.78. The van der Waals surface area contributed by atoms with E-state index in [4.69, 9.17) is 4.74 Å². The van der Waals surface area contributed by atoms with Gasteiger partial charge in [0.15, 0.2) is 6.10 Å². The van der Waals surface area contributed by atoms with Crippen LogP contribution in [0.4, 0.5) is 5.69 Å². The number of carbonyl (C=O) groups is 1. The molecule has 0 spiro atoms. The number of fused-ring (bicyclic) bond motifs is 1. The number of carbonyl (C=O) groups excluding carboxylic acids is 1. The van der Waals surface area contributed by atoms with E-state index in [0.717, 1.165) is 30.6 Å². The summed E-state index contributed by atoms with van der Waals surface area (Å²) in [5.74, 6) is -0.570. The van der Waals surface area contributed by atoms with Gasteiger partial charge >= 0.3 is 5.97 Å². The standard InChI is InChI=1S/C14H19NO3/c1-3-18-14(17)13(16)11-6-4-8-12-10(11)7-5-9-15(12)2/h4,6,8,13,16H,3,5,7,9H2,1-2H3. The number of ether oxygens (including phenoxy) is 1. The Hall–Kier alpha value is -1.55. The minimum absolute atomic E-state index is 0.283. The van der Waals surface area contributed by atoms with Crippen molar-refractivity contribution in [3.8, 4) is 0 Å². The van der Waals surface area contributed by atoms with Crippen LogP contribution >= 0.6 is 0 Å². The number of hydrogen-bond donors (Lipinski definition) is 1. The molecule has 1 N–H and O–H groups in total. The van der Waals surface area contributed by atoms with Crippen molar-refractivity contribution in [1.82, 2.24) is 0 Å². The maximum Gasteiger partial charge on any atom is 0.339 e. The second-order valence-electron chi connectivity index (χ2n) is 4.52. The molecular formula is C14H19NO3. The highest BCUT2D eigenvalue weighted by Gasteiger charge is 2.25. The summed E-state index contributed by atoms with van der Waals surface area (Å²) in [6, 6.07) is 5.70. The van der Waals surface area contributed by atoms with Crippen molar-refractivity contribution in [2.75, 3.05) is 25.1 Å². The summed E-state index contributed by atoms with van der Waals surface area (Å²) in [5, 5.41) is 10.1. The highest BCUT2D eigenvalue weighted by Crippen LogP contribution is 2.32. The van der Waals surface area contributed by atoms with Gasteiger partial charge in [0.25, 0.3) is 0 Å². The number of hydrogen-bond acceptors (Lipinski definition) is 4. The normalized spacial score (nSPS) is 16.1. The van der Waals surface area contributed by atoms with E-state index in [0.29, 0.717) is 5.56 Å². The third-order valence-electron chi connectivity index (χ3n) is 3.32. The second kappa shape index (κ2) is 5.40. The summed E-state index contributed by atoms with van der Waals surface area (Å²) in [4.78, 5) is 13.8. The zero-order valence-corrected chi connectivity index (χ0v) is 10.8. The van der Waals surface area contributed by atoms with Crippen LogP contribution in [0.15, 0.2) is 18.2 Å². The third-order valence-corrected chi connectivity index (χ3v) is 3.32. The Morgan fingerprint density at radius 1 is 1.56 bits per heavy atom. The van der Waals surface area contributed by atoms with Gasteiger partial charge in [0, 0.05) is 19.3 Å². The molecule has 1 aliphatic heterocycles. The van der Waals surface area contributed by atoms with Crippen molar-refractivity contribution >= 4 is 11.7 Å². The number of benzene rings is 1. The molecule has 0 aromatic heterocycles. The Labute approximate surface area is 107 Å².